The van der Waals surface area contributed by atoms with Crippen molar-refractivity contribution >= 4 is 29.4 Å². The summed E-state index contributed by atoms with van der Waals surface area (Å²) in [5.41, 5.74) is 1.50. The second-order valence-corrected chi connectivity index (χ2v) is 9.98. The van der Waals surface area contributed by atoms with Gasteiger partial charge in [0, 0.05) is 11.6 Å². The third-order valence-corrected chi connectivity index (χ3v) is 7.54. The fourth-order valence-corrected chi connectivity index (χ4v) is 5.81. The van der Waals surface area contributed by atoms with Crippen LogP contribution in [-0.4, -0.2) is 35.0 Å². The molecule has 0 aliphatic carbocycles. The fourth-order valence-electron chi connectivity index (χ4n) is 4.78. The topological polar surface area (TPSA) is 130 Å². The van der Waals surface area contributed by atoms with E-state index in [0.717, 1.165) is 11.3 Å². The quantitative estimate of drug-likeness (QED) is 0.356. The molecule has 0 spiro atoms. The molecule has 6 rings (SSSR count). The Morgan fingerprint density at radius 3 is 2.75 bits per heavy atom. The van der Waals surface area contributed by atoms with Gasteiger partial charge < -0.3 is 23.7 Å². The number of carboxylic acid groups (broad SMARTS) is 1. The number of nitrogens with zero attached hydrogens (tertiary/aromatic N) is 2. The van der Waals surface area contributed by atoms with Crippen molar-refractivity contribution in [3.63, 3.8) is 0 Å². The number of aromatic carboxylic acids is 1. The average Bonchev–Trinajstić information content (AvgIpc) is 3.67. The summed E-state index contributed by atoms with van der Waals surface area (Å²) < 4.78 is 24.0. The van der Waals surface area contributed by atoms with Crippen LogP contribution in [0, 0.1) is 0 Å². The highest BCUT2D eigenvalue weighted by Crippen LogP contribution is 2.38. The first-order valence-corrected chi connectivity index (χ1v) is 13.2. The molecule has 202 valence electrons. The monoisotopic (exact) mass is 558 g/mol. The fraction of sp³-hybridized carbons (Fsp3) is 0.172. The van der Waals surface area contributed by atoms with Gasteiger partial charge in [-0.1, -0.05) is 35.6 Å². The summed E-state index contributed by atoms with van der Waals surface area (Å²) in [6, 6.07) is 14.3. The minimum atomic E-state index is -1.07. The number of carbonyl (C=O) groups is 2. The molecule has 40 heavy (non-hydrogen) atoms. The Morgan fingerprint density at radius 1 is 1.15 bits per heavy atom. The highest BCUT2D eigenvalue weighted by Gasteiger charge is 2.34. The third kappa shape index (κ3) is 4.30. The van der Waals surface area contributed by atoms with Crippen LogP contribution in [0.1, 0.15) is 41.6 Å². The minimum absolute atomic E-state index is 0.0865. The maximum atomic E-state index is 13.8. The number of benzene rings is 2. The van der Waals surface area contributed by atoms with Crippen molar-refractivity contribution in [2.45, 2.75) is 19.9 Å². The normalized spacial score (nSPS) is 16.1. The van der Waals surface area contributed by atoms with E-state index >= 15 is 0 Å². The summed E-state index contributed by atoms with van der Waals surface area (Å²) in [5.74, 6) is 0.179. The van der Waals surface area contributed by atoms with E-state index in [1.165, 1.54) is 10.6 Å². The maximum absolute atomic E-state index is 13.8. The molecule has 0 saturated carbocycles. The SMILES string of the molecule is CCOC(=O)C1=C(C)N=c2s/c(=C\c3ccc(-c4ccccc4C(=O)O)o3)c(=O)n2[C@H]1c1ccc2c(c1)OCO2. The zero-order valence-corrected chi connectivity index (χ0v) is 22.2. The van der Waals surface area contributed by atoms with Gasteiger partial charge in [0.15, 0.2) is 16.3 Å². The van der Waals surface area contributed by atoms with E-state index in [0.29, 0.717) is 49.2 Å². The molecule has 4 heterocycles. The molecule has 4 aromatic rings. The molecule has 2 aliphatic heterocycles. The van der Waals surface area contributed by atoms with Crippen LogP contribution < -0.4 is 24.4 Å². The number of rotatable bonds is 6. The Morgan fingerprint density at radius 2 is 1.95 bits per heavy atom. The second-order valence-electron chi connectivity index (χ2n) is 8.97. The minimum Gasteiger partial charge on any atom is -0.478 e. The number of hydrogen-bond donors (Lipinski definition) is 1. The van der Waals surface area contributed by atoms with Gasteiger partial charge in [-0.15, -0.1) is 0 Å². The lowest BCUT2D eigenvalue weighted by molar-refractivity contribution is -0.139. The number of hydrogen-bond acceptors (Lipinski definition) is 9. The Labute approximate surface area is 230 Å². The Hall–Kier alpha value is -4.90. The molecule has 2 aliphatic rings. The first-order valence-electron chi connectivity index (χ1n) is 12.4. The first kappa shape index (κ1) is 25.4. The van der Waals surface area contributed by atoms with Gasteiger partial charge in [0.1, 0.15) is 11.5 Å². The van der Waals surface area contributed by atoms with E-state index in [2.05, 4.69) is 4.99 Å². The largest absolute Gasteiger partial charge is 0.478 e. The van der Waals surface area contributed by atoms with Crippen LogP contribution in [0.5, 0.6) is 11.5 Å². The molecule has 0 amide bonds. The molecule has 0 saturated heterocycles. The summed E-state index contributed by atoms with van der Waals surface area (Å²) >= 11 is 1.16. The molecular weight excluding hydrogens is 536 g/mol. The van der Waals surface area contributed by atoms with Crippen LogP contribution in [0.4, 0.5) is 0 Å². The maximum Gasteiger partial charge on any atom is 0.338 e. The van der Waals surface area contributed by atoms with Gasteiger partial charge in [-0.2, -0.15) is 0 Å². The van der Waals surface area contributed by atoms with Crippen LogP contribution in [-0.2, 0) is 9.53 Å². The van der Waals surface area contributed by atoms with Crippen LogP contribution in [0.15, 0.2) is 80.1 Å². The second kappa shape index (κ2) is 10.0. The lowest BCUT2D eigenvalue weighted by atomic mass is 9.95. The summed E-state index contributed by atoms with van der Waals surface area (Å²) in [7, 11) is 0. The van der Waals surface area contributed by atoms with E-state index in [1.54, 1.807) is 68.5 Å². The smallest absolute Gasteiger partial charge is 0.338 e. The van der Waals surface area contributed by atoms with Gasteiger partial charge in [-0.3, -0.25) is 9.36 Å². The summed E-state index contributed by atoms with van der Waals surface area (Å²) in [5, 5.41) is 9.53. The molecule has 2 aromatic carbocycles. The molecule has 0 fully saturated rings. The van der Waals surface area contributed by atoms with E-state index in [9.17, 15) is 19.5 Å². The van der Waals surface area contributed by atoms with E-state index in [-0.39, 0.29) is 30.1 Å². The molecule has 1 atom stereocenters. The number of aromatic nitrogens is 1. The van der Waals surface area contributed by atoms with Gasteiger partial charge >= 0.3 is 11.9 Å². The Balaban J connectivity index is 1.48. The van der Waals surface area contributed by atoms with Crippen molar-refractivity contribution in [3.05, 3.63) is 102 Å². The zero-order chi connectivity index (χ0) is 28.0. The van der Waals surface area contributed by atoms with Gasteiger partial charge in [0.05, 0.1) is 34.0 Å². The van der Waals surface area contributed by atoms with E-state index in [1.807, 2.05) is 0 Å². The highest BCUT2D eigenvalue weighted by atomic mass is 32.1. The van der Waals surface area contributed by atoms with Crippen molar-refractivity contribution in [3.8, 4) is 22.8 Å². The molecule has 0 radical (unpaired) electrons. The Kier molecular flexibility index (Phi) is 6.35. The molecule has 1 N–H and O–H groups in total. The van der Waals surface area contributed by atoms with E-state index in [4.69, 9.17) is 18.6 Å². The molecule has 0 bridgehead atoms. The molecule has 0 unspecified atom stereocenters. The van der Waals surface area contributed by atoms with Crippen LogP contribution in [0.2, 0.25) is 0 Å². The summed E-state index contributed by atoms with van der Waals surface area (Å²) in [4.78, 5) is 43.5. The first-order chi connectivity index (χ1) is 19.4. The number of carbonyl (C=O) groups excluding carboxylic acids is 1. The molecule has 10 nitrogen and oxygen atoms in total. The predicted molar refractivity (Wildman–Crippen MR) is 144 cm³/mol. The van der Waals surface area contributed by atoms with Crippen molar-refractivity contribution in [2.75, 3.05) is 13.4 Å². The number of furan rings is 1. The molecule has 11 heteroatoms. The van der Waals surface area contributed by atoms with Crippen molar-refractivity contribution in [1.82, 2.24) is 4.57 Å². The van der Waals surface area contributed by atoms with Gasteiger partial charge in [-0.05, 0) is 49.7 Å². The highest BCUT2D eigenvalue weighted by molar-refractivity contribution is 7.07. The van der Waals surface area contributed by atoms with Crippen LogP contribution in [0.3, 0.4) is 0 Å². The summed E-state index contributed by atoms with van der Waals surface area (Å²) in [6.45, 7) is 3.68. The Bertz CT molecular complexity index is 1890. The van der Waals surface area contributed by atoms with Gasteiger partial charge in [-0.25, -0.2) is 14.6 Å². The standard InChI is InChI=1S/C29H22N2O8S/c1-3-36-28(35)24-15(2)30-29-31(25(24)16-8-10-21-22(12-16)38-14-37-21)26(32)23(40-29)13-17-9-11-20(39-17)18-6-4-5-7-19(18)27(33)34/h4-13,25H,3,14H2,1-2H3,(H,33,34)/b23-13-/t25-/m0/s1. The number of thiazole rings is 1. The van der Waals surface area contributed by atoms with Crippen LogP contribution in [0.25, 0.3) is 17.4 Å². The van der Waals surface area contributed by atoms with Crippen molar-refractivity contribution < 1.29 is 33.3 Å². The van der Waals surface area contributed by atoms with Crippen molar-refractivity contribution in [2.24, 2.45) is 4.99 Å². The predicted octanol–water partition coefficient (Wildman–Crippen LogP) is 3.49. The number of fused-ring (bicyclic) bond motifs is 2. The summed E-state index contributed by atoms with van der Waals surface area (Å²) in [6.07, 6.45) is 1.58. The molecule has 2 aromatic heterocycles. The zero-order valence-electron chi connectivity index (χ0n) is 21.4. The number of esters is 1. The lowest BCUT2D eigenvalue weighted by Crippen LogP contribution is -2.39. The molecular formula is C29H22N2O8S. The van der Waals surface area contributed by atoms with E-state index < -0.39 is 18.0 Å². The van der Waals surface area contributed by atoms with Gasteiger partial charge in [0.2, 0.25) is 6.79 Å². The third-order valence-electron chi connectivity index (χ3n) is 6.55. The van der Waals surface area contributed by atoms with Gasteiger partial charge in [0.25, 0.3) is 5.56 Å². The number of allylic oxidation sites excluding steroid dienone is 1. The number of carboxylic acids is 1. The van der Waals surface area contributed by atoms with Crippen LogP contribution >= 0.6 is 11.3 Å². The number of ether oxygens (including phenoxy) is 3. The lowest BCUT2D eigenvalue weighted by Gasteiger charge is -2.24. The van der Waals surface area contributed by atoms with Crippen molar-refractivity contribution in [1.29, 1.82) is 0 Å². The average molecular weight is 559 g/mol.